The van der Waals surface area contributed by atoms with Gasteiger partial charge in [-0.2, -0.15) is 0 Å². The monoisotopic (exact) mass is 621 g/mol. The number of hydrogen-bond donors (Lipinski definition) is 1. The highest BCUT2D eigenvalue weighted by Crippen LogP contribution is 2.35. The fraction of sp³-hybridized carbons (Fsp3) is 0.744. The smallest absolute Gasteiger partial charge is 0.335 e. The van der Waals surface area contributed by atoms with E-state index in [0.717, 1.165) is 32.1 Å². The molecule has 0 bridgehead atoms. The van der Waals surface area contributed by atoms with Crippen molar-refractivity contribution in [3.63, 3.8) is 0 Å². The average Bonchev–Trinajstić information content (AvgIpc) is 3.04. The third-order valence-electron chi connectivity index (χ3n) is 10.1. The summed E-state index contributed by atoms with van der Waals surface area (Å²) in [6, 6.07) is 6.70. The fourth-order valence-corrected chi connectivity index (χ4v) is 7.36. The van der Waals surface area contributed by atoms with Crippen LogP contribution in [0.3, 0.4) is 0 Å². The van der Waals surface area contributed by atoms with Crippen LogP contribution < -0.4 is 0 Å². The summed E-state index contributed by atoms with van der Waals surface area (Å²) in [6.07, 6.45) is 35.1. The first-order valence-corrected chi connectivity index (χ1v) is 19.9. The lowest BCUT2D eigenvalue weighted by Crippen LogP contribution is -2.10. The molecule has 0 fully saturated rings. The summed E-state index contributed by atoms with van der Waals surface area (Å²) < 4.78 is 0. The summed E-state index contributed by atoms with van der Waals surface area (Å²) in [5, 5.41) is 13.1. The van der Waals surface area contributed by atoms with E-state index >= 15 is 0 Å². The molecule has 0 aliphatic carbocycles. The molecular weight excluding hydrogens is 548 g/mol. The summed E-state index contributed by atoms with van der Waals surface area (Å²) in [5.74, 6) is -0.740. The Hall–Kier alpha value is -1.83. The van der Waals surface area contributed by atoms with Crippen molar-refractivity contribution in [2.24, 2.45) is 0 Å². The van der Waals surface area contributed by atoms with E-state index in [1.807, 2.05) is 6.07 Å². The number of benzene rings is 2. The van der Waals surface area contributed by atoms with Crippen LogP contribution in [0, 0.1) is 0 Å². The summed E-state index contributed by atoms with van der Waals surface area (Å²) >= 11 is 0. The lowest BCUT2D eigenvalue weighted by Gasteiger charge is -2.22. The first-order chi connectivity index (χ1) is 22.1. The van der Waals surface area contributed by atoms with Crippen molar-refractivity contribution in [1.29, 1.82) is 0 Å². The van der Waals surface area contributed by atoms with Gasteiger partial charge in [-0.3, -0.25) is 0 Å². The predicted molar refractivity (Wildman–Crippen MR) is 199 cm³/mol. The first kappa shape index (κ1) is 39.3. The van der Waals surface area contributed by atoms with Crippen molar-refractivity contribution in [2.45, 2.75) is 207 Å². The minimum atomic E-state index is -0.740. The van der Waals surface area contributed by atoms with Crippen molar-refractivity contribution in [2.75, 3.05) is 0 Å². The zero-order chi connectivity index (χ0) is 32.5. The van der Waals surface area contributed by atoms with Crippen LogP contribution in [0.4, 0.5) is 0 Å². The van der Waals surface area contributed by atoms with Gasteiger partial charge in [-0.05, 0) is 90.5 Å². The van der Waals surface area contributed by atoms with Crippen molar-refractivity contribution in [3.05, 3.63) is 46.0 Å². The summed E-state index contributed by atoms with van der Waals surface area (Å²) in [5.41, 5.74) is 6.26. The van der Waals surface area contributed by atoms with Gasteiger partial charge in [0.15, 0.2) is 0 Å². The van der Waals surface area contributed by atoms with Crippen LogP contribution in [0.1, 0.15) is 214 Å². The van der Waals surface area contributed by atoms with E-state index in [4.69, 9.17) is 0 Å². The molecule has 0 aromatic heterocycles. The topological polar surface area (TPSA) is 37.3 Å². The molecule has 2 rings (SSSR count). The maximum absolute atomic E-state index is 12.7. The minimum Gasteiger partial charge on any atom is -0.478 e. The molecule has 0 aliphatic heterocycles. The van der Waals surface area contributed by atoms with Crippen molar-refractivity contribution in [3.8, 4) is 0 Å². The molecule has 0 radical (unpaired) electrons. The Morgan fingerprint density at radius 2 is 0.844 bits per heavy atom. The highest BCUT2D eigenvalue weighted by Gasteiger charge is 2.21. The lowest BCUT2D eigenvalue weighted by molar-refractivity contribution is 0.0695. The van der Waals surface area contributed by atoms with Gasteiger partial charge in [-0.25, -0.2) is 4.79 Å². The lowest BCUT2D eigenvalue weighted by atomic mass is 9.83. The van der Waals surface area contributed by atoms with Gasteiger partial charge in [-0.1, -0.05) is 168 Å². The number of fused-ring (bicyclic) bond motifs is 1. The number of carboxylic acid groups (broad SMARTS) is 1. The molecule has 0 unspecified atom stereocenters. The SMILES string of the molecule is CCCCCCCCc1ccc2cc(C(=O)O)c(CCCCCCCC)c(CCCCCCCC)c2c1CCCCCCCC. The Balaban J connectivity index is 2.49. The Morgan fingerprint density at radius 1 is 0.467 bits per heavy atom. The minimum absolute atomic E-state index is 0.575. The molecule has 2 aromatic rings. The fourth-order valence-electron chi connectivity index (χ4n) is 7.36. The highest BCUT2D eigenvalue weighted by atomic mass is 16.4. The molecule has 0 atom stereocenters. The Labute approximate surface area is 279 Å². The average molecular weight is 621 g/mol. The van der Waals surface area contributed by atoms with E-state index in [1.54, 1.807) is 11.1 Å². The van der Waals surface area contributed by atoms with Gasteiger partial charge in [0, 0.05) is 0 Å². The molecule has 256 valence electrons. The van der Waals surface area contributed by atoms with Crippen molar-refractivity contribution in [1.82, 2.24) is 0 Å². The van der Waals surface area contributed by atoms with Gasteiger partial charge < -0.3 is 5.11 Å². The molecule has 2 heteroatoms. The number of rotatable bonds is 29. The van der Waals surface area contributed by atoms with Gasteiger partial charge in [-0.15, -0.1) is 0 Å². The van der Waals surface area contributed by atoms with Crippen LogP contribution >= 0.6 is 0 Å². The molecule has 1 N–H and O–H groups in total. The van der Waals surface area contributed by atoms with Gasteiger partial charge >= 0.3 is 5.97 Å². The van der Waals surface area contributed by atoms with Gasteiger partial charge in [0.05, 0.1) is 5.56 Å². The van der Waals surface area contributed by atoms with Crippen LogP contribution in [0.15, 0.2) is 18.2 Å². The van der Waals surface area contributed by atoms with Crippen LogP contribution in [-0.2, 0) is 25.7 Å². The maximum Gasteiger partial charge on any atom is 0.335 e. The van der Waals surface area contributed by atoms with E-state index in [0.29, 0.717) is 5.56 Å². The van der Waals surface area contributed by atoms with E-state index in [9.17, 15) is 9.90 Å². The van der Waals surface area contributed by atoms with Crippen LogP contribution in [0.5, 0.6) is 0 Å². The molecule has 0 saturated carbocycles. The Bertz CT molecular complexity index is 1050. The van der Waals surface area contributed by atoms with E-state index in [1.165, 1.54) is 170 Å². The summed E-state index contributed by atoms with van der Waals surface area (Å²) in [4.78, 5) is 12.7. The third kappa shape index (κ3) is 15.1. The van der Waals surface area contributed by atoms with E-state index in [-0.39, 0.29) is 0 Å². The summed E-state index contributed by atoms with van der Waals surface area (Å²) in [7, 11) is 0. The Kier molecular flexibility index (Phi) is 22.1. The first-order valence-electron chi connectivity index (χ1n) is 19.9. The summed E-state index contributed by atoms with van der Waals surface area (Å²) in [6.45, 7) is 9.14. The molecule has 0 heterocycles. The molecule has 2 nitrogen and oxygen atoms in total. The zero-order valence-corrected chi connectivity index (χ0v) is 30.4. The second-order valence-corrected chi connectivity index (χ2v) is 14.1. The molecule has 2 aromatic carbocycles. The largest absolute Gasteiger partial charge is 0.478 e. The second-order valence-electron chi connectivity index (χ2n) is 14.1. The van der Waals surface area contributed by atoms with Gasteiger partial charge in [0.2, 0.25) is 0 Å². The normalized spacial score (nSPS) is 11.6. The van der Waals surface area contributed by atoms with Gasteiger partial charge in [0.1, 0.15) is 0 Å². The van der Waals surface area contributed by atoms with Crippen LogP contribution in [0.2, 0.25) is 0 Å². The third-order valence-corrected chi connectivity index (χ3v) is 10.1. The van der Waals surface area contributed by atoms with E-state index in [2.05, 4.69) is 39.8 Å². The number of carbonyl (C=O) groups is 1. The standard InChI is InChI=1S/C43H72O2/c1-5-9-13-17-21-25-29-36-33-34-37-35-41(43(44)45)39(31-27-23-19-15-11-7-3)40(32-28-24-20-16-12-8-4)42(37)38(36)30-26-22-18-14-10-6-2/h33-35H,5-32H2,1-4H3,(H,44,45). The number of carboxylic acids is 1. The van der Waals surface area contributed by atoms with Crippen molar-refractivity contribution >= 4 is 16.7 Å². The number of aromatic carboxylic acids is 1. The molecule has 0 amide bonds. The van der Waals surface area contributed by atoms with E-state index < -0.39 is 5.97 Å². The molecule has 45 heavy (non-hydrogen) atoms. The molecular formula is C43H72O2. The Morgan fingerprint density at radius 3 is 1.29 bits per heavy atom. The highest BCUT2D eigenvalue weighted by molar-refractivity contribution is 6.00. The zero-order valence-electron chi connectivity index (χ0n) is 30.4. The maximum atomic E-state index is 12.7. The molecule has 0 saturated heterocycles. The number of hydrogen-bond acceptors (Lipinski definition) is 1. The number of aryl methyl sites for hydroxylation is 3. The van der Waals surface area contributed by atoms with Crippen LogP contribution in [-0.4, -0.2) is 11.1 Å². The predicted octanol–water partition coefficient (Wildman–Crippen LogP) is 14.1. The quantitative estimate of drug-likeness (QED) is 0.0919. The van der Waals surface area contributed by atoms with Gasteiger partial charge in [0.25, 0.3) is 0 Å². The van der Waals surface area contributed by atoms with Crippen LogP contribution in [0.25, 0.3) is 10.8 Å². The van der Waals surface area contributed by atoms with Crippen molar-refractivity contribution < 1.29 is 9.90 Å². The molecule has 0 spiro atoms. The molecule has 0 aliphatic rings. The second kappa shape index (κ2) is 25.3. The number of unbranched alkanes of at least 4 members (excludes halogenated alkanes) is 20.